The molecule has 1 aromatic rings. The quantitative estimate of drug-likeness (QED) is 0.496. The minimum absolute atomic E-state index is 2.59. The summed E-state index contributed by atoms with van der Waals surface area (Å²) in [7, 11) is 0. The van der Waals surface area contributed by atoms with Crippen LogP contribution in [-0.4, -0.2) is 0 Å². The van der Waals surface area contributed by atoms with Crippen LogP contribution in [0.2, 0.25) is 0 Å². The van der Waals surface area contributed by atoms with Crippen LogP contribution in [0, 0.1) is 0 Å². The molecule has 2 nitrogen and oxygen atoms in total. The van der Waals surface area contributed by atoms with Gasteiger partial charge in [0.15, 0.2) is 0 Å². The van der Waals surface area contributed by atoms with Crippen molar-refractivity contribution in [3.63, 3.8) is 0 Å². The number of hydrogen-bond acceptors (Lipinski definition) is 2. The van der Waals surface area contributed by atoms with Crippen molar-refractivity contribution in [2.75, 3.05) is 11.5 Å². The molecule has 0 aliphatic rings. The molecule has 0 bridgehead atoms. The molecule has 0 radical (unpaired) electrons. The maximum absolute atomic E-state index is 12.8. The maximum atomic E-state index is 12.8. The van der Waals surface area contributed by atoms with E-state index in [2.05, 4.69) is 11.5 Å². The molecule has 0 saturated heterocycles. The minimum Gasteiger partial charge on any atom is -0.398 e. The second-order valence-electron chi connectivity index (χ2n) is 4.32. The Kier molecular flexibility index (Phi) is 4.37. The van der Waals surface area contributed by atoms with Crippen molar-refractivity contribution in [1.82, 2.24) is 0 Å². The molecule has 0 unspecified atom stereocenters. The van der Waals surface area contributed by atoms with E-state index in [1.54, 1.807) is 0 Å². The van der Waals surface area contributed by atoms with Crippen LogP contribution in [0.5, 0.6) is 0 Å². The summed E-state index contributed by atoms with van der Waals surface area (Å²) in [5.41, 5.74) is -9.09. The molecule has 0 saturated carbocycles. The lowest BCUT2D eigenvalue weighted by atomic mass is 9.91. The van der Waals surface area contributed by atoms with Crippen LogP contribution in [0.3, 0.4) is 0 Å². The summed E-state index contributed by atoms with van der Waals surface area (Å²) in [4.78, 5) is 0. The number of nitrogens with two attached hydrogens (primary N) is 2. The Morgan fingerprint density at radius 2 is 0.583 bits per heavy atom. The molecule has 4 N–H and O–H groups in total. The Morgan fingerprint density at radius 3 is 0.750 bits per heavy atom. The van der Waals surface area contributed by atoms with E-state index in [-0.39, 0.29) is 0 Å². The van der Waals surface area contributed by atoms with Crippen LogP contribution in [0.25, 0.3) is 0 Å². The van der Waals surface area contributed by atoms with Crippen LogP contribution in [-0.2, 0) is 24.7 Å². The van der Waals surface area contributed by atoms with Gasteiger partial charge in [-0.3, -0.25) is 0 Å². The molecular formula is C10H4F12N2. The van der Waals surface area contributed by atoms with Gasteiger partial charge in [-0.15, -0.1) is 0 Å². The number of halogens is 12. The van der Waals surface area contributed by atoms with Crippen LogP contribution < -0.4 is 11.5 Å². The molecule has 0 fully saturated rings. The second-order valence-corrected chi connectivity index (χ2v) is 4.32. The molecule has 0 heterocycles. The maximum Gasteiger partial charge on any atom is 0.420 e. The lowest BCUT2D eigenvalue weighted by molar-refractivity contribution is -0.175. The molecular weight excluding hydrogens is 376 g/mol. The fourth-order valence-corrected chi connectivity index (χ4v) is 1.97. The van der Waals surface area contributed by atoms with Gasteiger partial charge in [-0.25, -0.2) is 0 Å². The molecule has 0 atom stereocenters. The normalized spacial score (nSPS) is 14.2. The summed E-state index contributed by atoms with van der Waals surface area (Å²) >= 11 is 0. The van der Waals surface area contributed by atoms with Gasteiger partial charge in [0.2, 0.25) is 0 Å². The number of alkyl halides is 12. The zero-order valence-electron chi connectivity index (χ0n) is 10.7. The van der Waals surface area contributed by atoms with E-state index in [1.807, 2.05) is 0 Å². The summed E-state index contributed by atoms with van der Waals surface area (Å²) in [5, 5.41) is 0. The van der Waals surface area contributed by atoms with Crippen molar-refractivity contribution in [3.8, 4) is 0 Å². The Labute approximate surface area is 124 Å². The Morgan fingerprint density at radius 1 is 0.375 bits per heavy atom. The number of anilines is 2. The second kappa shape index (κ2) is 5.24. The largest absolute Gasteiger partial charge is 0.420 e. The van der Waals surface area contributed by atoms with Crippen molar-refractivity contribution < 1.29 is 52.7 Å². The molecule has 14 heteroatoms. The zero-order chi connectivity index (χ0) is 19.5. The highest BCUT2D eigenvalue weighted by Crippen LogP contribution is 2.55. The molecule has 0 aromatic heterocycles. The Bertz CT molecular complexity index is 605. The minimum atomic E-state index is -6.33. The van der Waals surface area contributed by atoms with E-state index in [1.165, 1.54) is 0 Å². The number of rotatable bonds is 0. The van der Waals surface area contributed by atoms with Crippen LogP contribution in [0.1, 0.15) is 22.3 Å². The van der Waals surface area contributed by atoms with Gasteiger partial charge in [0.1, 0.15) is 5.56 Å². The standard InChI is InChI=1S/C10H4F12N2/c11-7(12,13)1-2(8(14,15)16)5(23)4(10(20,21)22)6(24)3(1)9(17,18)19/h23-24H2. The smallest absolute Gasteiger partial charge is 0.398 e. The van der Waals surface area contributed by atoms with Crippen LogP contribution >= 0.6 is 0 Å². The highest BCUT2D eigenvalue weighted by molar-refractivity contribution is 5.75. The van der Waals surface area contributed by atoms with E-state index >= 15 is 0 Å². The summed E-state index contributed by atoms with van der Waals surface area (Å²) < 4.78 is 153. The molecule has 0 aliphatic carbocycles. The van der Waals surface area contributed by atoms with Crippen molar-refractivity contribution >= 4 is 11.4 Å². The first-order valence-corrected chi connectivity index (χ1v) is 5.35. The van der Waals surface area contributed by atoms with Crippen molar-refractivity contribution in [1.29, 1.82) is 0 Å². The van der Waals surface area contributed by atoms with E-state index in [0.29, 0.717) is 0 Å². The van der Waals surface area contributed by atoms with Crippen molar-refractivity contribution in [2.24, 2.45) is 0 Å². The van der Waals surface area contributed by atoms with Gasteiger partial charge >= 0.3 is 24.7 Å². The lowest BCUT2D eigenvalue weighted by Crippen LogP contribution is -2.29. The topological polar surface area (TPSA) is 52.0 Å². The summed E-state index contributed by atoms with van der Waals surface area (Å²) in [5.74, 6) is 0. The van der Waals surface area contributed by atoms with Gasteiger partial charge in [0.25, 0.3) is 0 Å². The van der Waals surface area contributed by atoms with E-state index in [9.17, 15) is 52.7 Å². The first-order chi connectivity index (χ1) is 10.3. The molecule has 138 valence electrons. The molecule has 1 aromatic carbocycles. The zero-order valence-corrected chi connectivity index (χ0v) is 10.7. The van der Waals surface area contributed by atoms with Gasteiger partial charge in [0.05, 0.1) is 28.1 Å². The van der Waals surface area contributed by atoms with Gasteiger partial charge in [0, 0.05) is 0 Å². The molecule has 1 rings (SSSR count). The van der Waals surface area contributed by atoms with Gasteiger partial charge < -0.3 is 11.5 Å². The Balaban J connectivity index is 4.31. The first kappa shape index (κ1) is 20.0. The van der Waals surface area contributed by atoms with E-state index < -0.39 is 58.3 Å². The van der Waals surface area contributed by atoms with Crippen molar-refractivity contribution in [3.05, 3.63) is 22.3 Å². The third-order valence-corrected chi connectivity index (χ3v) is 2.71. The number of nitrogen functional groups attached to an aromatic ring is 2. The fourth-order valence-electron chi connectivity index (χ4n) is 1.97. The predicted molar refractivity (Wildman–Crippen MR) is 55.3 cm³/mol. The number of hydrogen-bond donors (Lipinski definition) is 2. The molecule has 24 heavy (non-hydrogen) atoms. The number of benzene rings is 1. The van der Waals surface area contributed by atoms with E-state index in [4.69, 9.17) is 0 Å². The van der Waals surface area contributed by atoms with Crippen molar-refractivity contribution in [2.45, 2.75) is 24.7 Å². The molecule has 0 aliphatic heterocycles. The molecule has 0 amide bonds. The monoisotopic (exact) mass is 380 g/mol. The SMILES string of the molecule is Nc1c(C(F)(F)F)c(N)c(C(F)(F)F)c(C(F)(F)F)c1C(F)(F)F. The Hall–Kier alpha value is -2.02. The highest BCUT2D eigenvalue weighted by Gasteiger charge is 2.55. The average Bonchev–Trinajstić information content (AvgIpc) is 2.20. The van der Waals surface area contributed by atoms with Crippen LogP contribution in [0.15, 0.2) is 0 Å². The van der Waals surface area contributed by atoms with Gasteiger partial charge in [-0.2, -0.15) is 52.7 Å². The lowest BCUT2D eigenvalue weighted by Gasteiger charge is -2.27. The van der Waals surface area contributed by atoms with Gasteiger partial charge in [-0.05, 0) is 0 Å². The molecule has 0 spiro atoms. The summed E-state index contributed by atoms with van der Waals surface area (Å²) in [6.07, 6.45) is -24.8. The average molecular weight is 380 g/mol. The predicted octanol–water partition coefficient (Wildman–Crippen LogP) is 4.93. The first-order valence-electron chi connectivity index (χ1n) is 5.35. The van der Waals surface area contributed by atoms with Gasteiger partial charge in [-0.1, -0.05) is 0 Å². The van der Waals surface area contributed by atoms with Crippen LogP contribution in [0.4, 0.5) is 64.1 Å². The highest BCUT2D eigenvalue weighted by atomic mass is 19.4. The fraction of sp³-hybridized carbons (Fsp3) is 0.400. The summed E-state index contributed by atoms with van der Waals surface area (Å²) in [6, 6.07) is 0. The third-order valence-electron chi connectivity index (χ3n) is 2.71. The van der Waals surface area contributed by atoms with E-state index in [0.717, 1.165) is 0 Å². The third kappa shape index (κ3) is 3.40. The summed E-state index contributed by atoms with van der Waals surface area (Å²) in [6.45, 7) is 0.